The minimum atomic E-state index is -0.128. The summed E-state index contributed by atoms with van der Waals surface area (Å²) in [6.45, 7) is 3.96. The van der Waals surface area contributed by atoms with Crippen LogP contribution in [0, 0.1) is 0 Å². The minimum absolute atomic E-state index is 0.128. The zero-order valence-corrected chi connectivity index (χ0v) is 7.69. The average Bonchev–Trinajstić information content (AvgIpc) is 1.63. The van der Waals surface area contributed by atoms with E-state index in [0.717, 1.165) is 19.3 Å². The summed E-state index contributed by atoms with van der Waals surface area (Å²) in [7, 11) is 0. The molecule has 0 aliphatic carbocycles. The number of halogens is 1. The van der Waals surface area contributed by atoms with Crippen molar-refractivity contribution >= 4 is 15.9 Å². The smallest absolute Gasteiger partial charge is 0.0512 e. The van der Waals surface area contributed by atoms with Gasteiger partial charge in [0.2, 0.25) is 0 Å². The fourth-order valence-corrected chi connectivity index (χ4v) is 1.02. The van der Waals surface area contributed by atoms with Crippen molar-refractivity contribution in [1.29, 1.82) is 0 Å². The van der Waals surface area contributed by atoms with Gasteiger partial charge in [-0.2, -0.15) is 0 Å². The second-order valence-corrected chi connectivity index (χ2v) is 4.12. The highest BCUT2D eigenvalue weighted by atomic mass is 79.9. The van der Waals surface area contributed by atoms with Crippen molar-refractivity contribution in [1.82, 2.24) is 0 Å². The molecule has 0 saturated carbocycles. The molecule has 0 heterocycles. The summed E-state index contributed by atoms with van der Waals surface area (Å²) in [4.78, 5) is 0.594. The Morgan fingerprint density at radius 1 is 1.33 bits per heavy atom. The minimum Gasteiger partial charge on any atom is -0.393 e. The number of hydrogen-bond donors (Lipinski definition) is 1. The maximum Gasteiger partial charge on any atom is 0.0512 e. The molecule has 2 atom stereocenters. The normalized spacial score (nSPS) is 17.3. The average molecular weight is 195 g/mol. The standard InChI is InChI=1S/C7H15BrO/c1-6(8)4-3-5-7(2)9/h6-7,9H,3-5H2,1-2H3. The van der Waals surface area contributed by atoms with Crippen LogP contribution in [0.15, 0.2) is 0 Å². The van der Waals surface area contributed by atoms with Gasteiger partial charge < -0.3 is 5.11 Å². The molecule has 0 spiro atoms. The van der Waals surface area contributed by atoms with Gasteiger partial charge in [0.25, 0.3) is 0 Å². The predicted molar refractivity (Wildman–Crippen MR) is 43.9 cm³/mol. The Kier molecular flexibility index (Phi) is 5.50. The fourth-order valence-electron chi connectivity index (χ4n) is 0.695. The van der Waals surface area contributed by atoms with Crippen molar-refractivity contribution in [3.63, 3.8) is 0 Å². The van der Waals surface area contributed by atoms with Gasteiger partial charge in [-0.15, -0.1) is 0 Å². The molecular formula is C7H15BrO. The van der Waals surface area contributed by atoms with Crippen molar-refractivity contribution < 1.29 is 5.11 Å². The van der Waals surface area contributed by atoms with E-state index in [1.165, 1.54) is 0 Å². The molecule has 0 aromatic rings. The summed E-state index contributed by atoms with van der Waals surface area (Å²) in [6, 6.07) is 0. The van der Waals surface area contributed by atoms with E-state index in [2.05, 4.69) is 22.9 Å². The lowest BCUT2D eigenvalue weighted by molar-refractivity contribution is 0.181. The van der Waals surface area contributed by atoms with Crippen molar-refractivity contribution in [2.45, 2.75) is 44.0 Å². The molecule has 0 radical (unpaired) electrons. The first-order chi connectivity index (χ1) is 4.13. The van der Waals surface area contributed by atoms with Crippen molar-refractivity contribution in [3.8, 4) is 0 Å². The molecule has 0 aromatic carbocycles. The van der Waals surface area contributed by atoms with Crippen LogP contribution in [-0.4, -0.2) is 16.0 Å². The Morgan fingerprint density at radius 2 is 1.89 bits per heavy atom. The van der Waals surface area contributed by atoms with Crippen LogP contribution in [0.5, 0.6) is 0 Å². The summed E-state index contributed by atoms with van der Waals surface area (Å²) >= 11 is 3.44. The van der Waals surface area contributed by atoms with Gasteiger partial charge >= 0.3 is 0 Å². The van der Waals surface area contributed by atoms with E-state index in [1.807, 2.05) is 6.92 Å². The SMILES string of the molecule is CC(O)CCCC(C)Br. The van der Waals surface area contributed by atoms with Gasteiger partial charge in [-0.1, -0.05) is 22.9 Å². The van der Waals surface area contributed by atoms with E-state index < -0.39 is 0 Å². The lowest BCUT2D eigenvalue weighted by atomic mass is 10.1. The van der Waals surface area contributed by atoms with E-state index in [1.54, 1.807) is 0 Å². The van der Waals surface area contributed by atoms with Gasteiger partial charge in [-0.05, 0) is 26.2 Å². The second kappa shape index (κ2) is 5.24. The third kappa shape index (κ3) is 8.44. The van der Waals surface area contributed by atoms with Gasteiger partial charge in [-0.25, -0.2) is 0 Å². The number of alkyl halides is 1. The summed E-state index contributed by atoms with van der Waals surface area (Å²) in [5, 5.41) is 8.85. The highest BCUT2D eigenvalue weighted by molar-refractivity contribution is 9.09. The zero-order chi connectivity index (χ0) is 7.28. The first-order valence-corrected chi connectivity index (χ1v) is 4.36. The highest BCUT2D eigenvalue weighted by Crippen LogP contribution is 2.09. The number of aliphatic hydroxyl groups excluding tert-OH is 1. The maximum absolute atomic E-state index is 8.85. The topological polar surface area (TPSA) is 20.2 Å². The lowest BCUT2D eigenvalue weighted by Crippen LogP contribution is -2.00. The zero-order valence-electron chi connectivity index (χ0n) is 6.10. The van der Waals surface area contributed by atoms with Crippen LogP contribution in [-0.2, 0) is 0 Å². The molecule has 56 valence electrons. The molecule has 0 saturated heterocycles. The first kappa shape index (κ1) is 9.44. The fraction of sp³-hybridized carbons (Fsp3) is 1.00. The van der Waals surface area contributed by atoms with Gasteiger partial charge in [0.15, 0.2) is 0 Å². The van der Waals surface area contributed by atoms with Crippen LogP contribution in [0.3, 0.4) is 0 Å². The molecule has 2 unspecified atom stereocenters. The van der Waals surface area contributed by atoms with E-state index in [-0.39, 0.29) is 6.10 Å². The molecule has 2 heteroatoms. The van der Waals surface area contributed by atoms with Crippen LogP contribution in [0.25, 0.3) is 0 Å². The van der Waals surface area contributed by atoms with Crippen LogP contribution < -0.4 is 0 Å². The number of aliphatic hydroxyl groups is 1. The number of rotatable bonds is 4. The molecule has 0 rings (SSSR count). The molecular weight excluding hydrogens is 180 g/mol. The van der Waals surface area contributed by atoms with Crippen LogP contribution in [0.1, 0.15) is 33.1 Å². The summed E-state index contributed by atoms with van der Waals surface area (Å²) in [5.41, 5.74) is 0. The number of hydrogen-bond acceptors (Lipinski definition) is 1. The van der Waals surface area contributed by atoms with E-state index in [4.69, 9.17) is 5.11 Å². The maximum atomic E-state index is 8.85. The van der Waals surface area contributed by atoms with Crippen LogP contribution in [0.2, 0.25) is 0 Å². The molecule has 0 aliphatic heterocycles. The molecule has 1 nitrogen and oxygen atoms in total. The Balaban J connectivity index is 2.91. The van der Waals surface area contributed by atoms with Crippen LogP contribution >= 0.6 is 15.9 Å². The highest BCUT2D eigenvalue weighted by Gasteiger charge is 1.97. The Morgan fingerprint density at radius 3 is 2.22 bits per heavy atom. The van der Waals surface area contributed by atoms with Gasteiger partial charge in [0, 0.05) is 4.83 Å². The van der Waals surface area contributed by atoms with Gasteiger partial charge in [0.05, 0.1) is 6.10 Å². The van der Waals surface area contributed by atoms with Gasteiger partial charge in [-0.3, -0.25) is 0 Å². The Bertz CT molecular complexity index is 53.9. The molecule has 0 amide bonds. The van der Waals surface area contributed by atoms with E-state index >= 15 is 0 Å². The summed E-state index contributed by atoms with van der Waals surface area (Å²) in [5.74, 6) is 0. The van der Waals surface area contributed by atoms with Crippen molar-refractivity contribution in [3.05, 3.63) is 0 Å². The third-order valence-electron chi connectivity index (χ3n) is 1.22. The lowest BCUT2D eigenvalue weighted by Gasteiger charge is -2.04. The molecule has 9 heavy (non-hydrogen) atoms. The van der Waals surface area contributed by atoms with E-state index in [0.29, 0.717) is 4.83 Å². The molecule has 0 aliphatic rings. The van der Waals surface area contributed by atoms with E-state index in [9.17, 15) is 0 Å². The molecule has 0 aromatic heterocycles. The molecule has 0 fully saturated rings. The largest absolute Gasteiger partial charge is 0.393 e. The predicted octanol–water partition coefficient (Wildman–Crippen LogP) is 2.32. The molecule has 1 N–H and O–H groups in total. The second-order valence-electron chi connectivity index (χ2n) is 2.56. The summed E-state index contributed by atoms with van der Waals surface area (Å²) in [6.07, 6.45) is 3.07. The van der Waals surface area contributed by atoms with Gasteiger partial charge in [0.1, 0.15) is 0 Å². The van der Waals surface area contributed by atoms with Crippen molar-refractivity contribution in [2.24, 2.45) is 0 Å². The quantitative estimate of drug-likeness (QED) is 0.682. The summed E-state index contributed by atoms with van der Waals surface area (Å²) < 4.78 is 0. The first-order valence-electron chi connectivity index (χ1n) is 3.45. The monoisotopic (exact) mass is 194 g/mol. The van der Waals surface area contributed by atoms with Crippen molar-refractivity contribution in [2.75, 3.05) is 0 Å². The third-order valence-corrected chi connectivity index (χ3v) is 1.68. The Hall–Kier alpha value is 0.440. The molecule has 0 bridgehead atoms. The Labute approximate surface area is 65.6 Å². The van der Waals surface area contributed by atoms with Crippen LogP contribution in [0.4, 0.5) is 0 Å².